The molecule has 55 heavy (non-hydrogen) atoms. The average Bonchev–Trinajstić information content (AvgIpc) is 3.72. The summed E-state index contributed by atoms with van der Waals surface area (Å²) in [6, 6.07) is 68.5. The Morgan fingerprint density at radius 2 is 1.04 bits per heavy atom. The van der Waals surface area contributed by atoms with Gasteiger partial charge in [-0.25, -0.2) is 0 Å². The van der Waals surface area contributed by atoms with Crippen molar-refractivity contribution in [3.05, 3.63) is 199 Å². The minimum atomic E-state index is -0.132. The first kappa shape index (κ1) is 31.6. The first-order chi connectivity index (χ1) is 27.0. The number of nitrogens with zero attached hydrogens (tertiary/aromatic N) is 1. The lowest BCUT2D eigenvalue weighted by Crippen LogP contribution is -2.16. The predicted octanol–water partition coefficient (Wildman–Crippen LogP) is 15.0. The van der Waals surface area contributed by atoms with Crippen LogP contribution in [0.1, 0.15) is 25.0 Å². The van der Waals surface area contributed by atoms with E-state index >= 15 is 0 Å². The maximum absolute atomic E-state index is 6.70. The van der Waals surface area contributed by atoms with E-state index in [1.807, 2.05) is 0 Å². The maximum atomic E-state index is 6.70. The van der Waals surface area contributed by atoms with E-state index in [9.17, 15) is 0 Å². The summed E-state index contributed by atoms with van der Waals surface area (Å²) in [6.07, 6.45) is 0. The Morgan fingerprint density at radius 3 is 1.91 bits per heavy atom. The molecule has 0 N–H and O–H groups in total. The second kappa shape index (κ2) is 12.1. The van der Waals surface area contributed by atoms with Gasteiger partial charge in [-0.05, 0) is 109 Å². The molecule has 1 heterocycles. The Hall–Kier alpha value is -6.90. The molecule has 0 amide bonds. The van der Waals surface area contributed by atoms with E-state index in [0.29, 0.717) is 0 Å². The summed E-state index contributed by atoms with van der Waals surface area (Å²) in [5.74, 6) is 0. The lowest BCUT2D eigenvalue weighted by molar-refractivity contribution is 0.660. The highest BCUT2D eigenvalue weighted by atomic mass is 16.3. The number of hydrogen-bond acceptors (Lipinski definition) is 2. The number of benzene rings is 9. The van der Waals surface area contributed by atoms with Crippen molar-refractivity contribution in [3.63, 3.8) is 0 Å². The highest BCUT2D eigenvalue weighted by Gasteiger charge is 2.36. The molecule has 1 aliphatic rings. The molecule has 11 rings (SSSR count). The molecule has 10 aromatic rings. The Kier molecular flexibility index (Phi) is 6.93. The molecule has 1 aliphatic carbocycles. The molecule has 0 unspecified atom stereocenters. The van der Waals surface area contributed by atoms with Crippen molar-refractivity contribution in [1.82, 2.24) is 0 Å². The average molecular weight is 704 g/mol. The third kappa shape index (κ3) is 4.95. The van der Waals surface area contributed by atoms with Crippen molar-refractivity contribution in [3.8, 4) is 33.4 Å². The number of furan rings is 1. The van der Waals surface area contributed by atoms with E-state index < -0.39 is 0 Å². The van der Waals surface area contributed by atoms with Gasteiger partial charge in [0.2, 0.25) is 0 Å². The largest absolute Gasteiger partial charge is 0.455 e. The van der Waals surface area contributed by atoms with Crippen LogP contribution in [0.15, 0.2) is 192 Å². The van der Waals surface area contributed by atoms with E-state index in [0.717, 1.165) is 50.1 Å². The smallest absolute Gasteiger partial charge is 0.143 e. The zero-order chi connectivity index (χ0) is 36.7. The fourth-order valence-corrected chi connectivity index (χ4v) is 9.06. The normalized spacial score (nSPS) is 13.1. The molecule has 0 saturated heterocycles. The minimum Gasteiger partial charge on any atom is -0.455 e. The zero-order valence-corrected chi connectivity index (χ0v) is 30.8. The first-order valence-corrected chi connectivity index (χ1v) is 19.1. The number of fused-ring (bicyclic) bond motifs is 8. The molecule has 0 aliphatic heterocycles. The van der Waals surface area contributed by atoms with Crippen LogP contribution in [0, 0.1) is 0 Å². The summed E-state index contributed by atoms with van der Waals surface area (Å²) < 4.78 is 6.70. The molecule has 2 nitrogen and oxygen atoms in total. The van der Waals surface area contributed by atoms with Gasteiger partial charge in [0.05, 0.1) is 0 Å². The summed E-state index contributed by atoms with van der Waals surface area (Å²) in [6.45, 7) is 4.71. The predicted molar refractivity (Wildman–Crippen MR) is 232 cm³/mol. The van der Waals surface area contributed by atoms with Crippen molar-refractivity contribution < 1.29 is 4.42 Å². The summed E-state index contributed by atoms with van der Waals surface area (Å²) in [4.78, 5) is 2.43. The van der Waals surface area contributed by atoms with Crippen LogP contribution in [0.4, 0.5) is 17.1 Å². The molecule has 0 spiro atoms. The van der Waals surface area contributed by atoms with Crippen molar-refractivity contribution >= 4 is 60.5 Å². The maximum Gasteiger partial charge on any atom is 0.143 e. The number of rotatable bonds is 5. The van der Waals surface area contributed by atoms with E-state index in [4.69, 9.17) is 4.42 Å². The highest BCUT2D eigenvalue weighted by molar-refractivity contribution is 6.12. The molecular weight excluding hydrogens is 667 g/mol. The number of hydrogen-bond donors (Lipinski definition) is 0. The lowest BCUT2D eigenvalue weighted by atomic mass is 9.82. The summed E-state index contributed by atoms with van der Waals surface area (Å²) in [5, 5.41) is 7.14. The van der Waals surface area contributed by atoms with E-state index in [1.54, 1.807) is 0 Å². The van der Waals surface area contributed by atoms with Crippen molar-refractivity contribution in [2.24, 2.45) is 0 Å². The Labute approximate surface area is 320 Å². The van der Waals surface area contributed by atoms with Gasteiger partial charge in [-0.15, -0.1) is 0 Å². The van der Waals surface area contributed by atoms with Crippen molar-refractivity contribution in [1.29, 1.82) is 0 Å². The Bertz CT molecular complexity index is 3120. The second-order valence-electron chi connectivity index (χ2n) is 15.3. The van der Waals surface area contributed by atoms with Gasteiger partial charge in [-0.3, -0.25) is 0 Å². The molecule has 0 fully saturated rings. The van der Waals surface area contributed by atoms with Crippen LogP contribution >= 0.6 is 0 Å². The van der Waals surface area contributed by atoms with Gasteiger partial charge in [0.25, 0.3) is 0 Å². The fourth-order valence-electron chi connectivity index (χ4n) is 9.06. The van der Waals surface area contributed by atoms with Gasteiger partial charge < -0.3 is 9.32 Å². The molecule has 0 radical (unpaired) electrons. The molecule has 0 bridgehead atoms. The van der Waals surface area contributed by atoms with Crippen molar-refractivity contribution in [2.75, 3.05) is 4.90 Å². The van der Waals surface area contributed by atoms with Crippen LogP contribution < -0.4 is 4.90 Å². The van der Waals surface area contributed by atoms with Gasteiger partial charge >= 0.3 is 0 Å². The van der Waals surface area contributed by atoms with Crippen LogP contribution in [0.25, 0.3) is 76.9 Å². The van der Waals surface area contributed by atoms with Gasteiger partial charge in [-0.1, -0.05) is 153 Å². The Balaban J connectivity index is 1.15. The number of para-hydroxylation sites is 1. The molecule has 0 atom stereocenters. The topological polar surface area (TPSA) is 16.4 Å². The van der Waals surface area contributed by atoms with Crippen LogP contribution in [0.3, 0.4) is 0 Å². The van der Waals surface area contributed by atoms with Crippen molar-refractivity contribution in [2.45, 2.75) is 19.3 Å². The zero-order valence-electron chi connectivity index (χ0n) is 30.8. The van der Waals surface area contributed by atoms with E-state index in [-0.39, 0.29) is 5.41 Å². The third-order valence-electron chi connectivity index (χ3n) is 11.8. The quantitative estimate of drug-likeness (QED) is 0.177. The molecule has 1 aromatic heterocycles. The summed E-state index contributed by atoms with van der Waals surface area (Å²) in [7, 11) is 0. The van der Waals surface area contributed by atoms with Crippen LogP contribution in [0.2, 0.25) is 0 Å². The van der Waals surface area contributed by atoms with E-state index in [1.165, 1.54) is 54.9 Å². The van der Waals surface area contributed by atoms with Gasteiger partial charge in [0.1, 0.15) is 11.2 Å². The molecular formula is C53H37NO. The SMILES string of the molecule is CC1(C)c2ccccc2-c2ccc(N(c3ccc(-c4cccc5ccccc45)cc3)c3cc(-c4ccc5ccccc5c4)c4oc5ccccc5c4c3)cc21. The van der Waals surface area contributed by atoms with Crippen LogP contribution in [0.5, 0.6) is 0 Å². The van der Waals surface area contributed by atoms with Crippen LogP contribution in [-0.4, -0.2) is 0 Å². The minimum absolute atomic E-state index is 0.132. The van der Waals surface area contributed by atoms with Gasteiger partial charge in [0, 0.05) is 38.8 Å². The summed E-state index contributed by atoms with van der Waals surface area (Å²) in [5.41, 5.74) is 14.9. The molecule has 260 valence electrons. The number of anilines is 3. The molecule has 9 aromatic carbocycles. The third-order valence-corrected chi connectivity index (χ3v) is 11.8. The fraction of sp³-hybridized carbons (Fsp3) is 0.0566. The van der Waals surface area contributed by atoms with Gasteiger partial charge in [0.15, 0.2) is 0 Å². The molecule has 2 heteroatoms. The van der Waals surface area contributed by atoms with Gasteiger partial charge in [-0.2, -0.15) is 0 Å². The monoisotopic (exact) mass is 703 g/mol. The first-order valence-electron chi connectivity index (χ1n) is 19.1. The second-order valence-corrected chi connectivity index (χ2v) is 15.3. The highest BCUT2D eigenvalue weighted by Crippen LogP contribution is 2.51. The summed E-state index contributed by atoms with van der Waals surface area (Å²) >= 11 is 0. The van der Waals surface area contributed by atoms with E-state index in [2.05, 4.69) is 207 Å². The Morgan fingerprint density at radius 1 is 0.382 bits per heavy atom. The van der Waals surface area contributed by atoms with Crippen LogP contribution in [-0.2, 0) is 5.41 Å². The lowest BCUT2D eigenvalue weighted by Gasteiger charge is -2.29. The molecule has 0 saturated carbocycles. The standard InChI is InChI=1S/C53H37NO/c1-53(2)49-20-9-7-17-44(49)45-29-28-40(33-50(45)53)54(39-26-24-36(25-27-39)43-19-11-15-35-13-5-6-16-42(35)43)41-31-47(38-23-22-34-12-3-4-14-37(34)30-38)52-48(32-41)46-18-8-10-21-51(46)55-52/h3-33H,1-2H3.